The molecule has 2 saturated heterocycles. The predicted molar refractivity (Wildman–Crippen MR) is 86.6 cm³/mol. The average Bonchev–Trinajstić information content (AvgIpc) is 2.98. The molecule has 3 nitrogen and oxygen atoms in total. The molecule has 4 heteroatoms. The van der Waals surface area contributed by atoms with Crippen LogP contribution in [0.15, 0.2) is 30.3 Å². The van der Waals surface area contributed by atoms with Crippen LogP contribution < -0.4 is 21.7 Å². The van der Waals surface area contributed by atoms with Crippen LogP contribution in [0.5, 0.6) is 5.75 Å². The fourth-order valence-electron chi connectivity index (χ4n) is 3.75. The van der Waals surface area contributed by atoms with E-state index in [2.05, 4.69) is 4.90 Å². The zero-order chi connectivity index (χ0) is 14.4. The van der Waals surface area contributed by atoms with E-state index in [-0.39, 0.29) is 17.0 Å². The monoisotopic (exact) mass is 368 g/mol. The van der Waals surface area contributed by atoms with Crippen molar-refractivity contribution in [2.75, 3.05) is 52.4 Å². The lowest BCUT2D eigenvalue weighted by Crippen LogP contribution is -3.00. The molecule has 1 aromatic carbocycles. The molecule has 0 amide bonds. The molecule has 0 unspecified atom stereocenters. The minimum Gasteiger partial charge on any atom is -1.00 e. The number of unbranched alkanes of at least 4 members (excludes halogenated alkanes) is 1. The maximum Gasteiger partial charge on any atom is 0.119 e. The first-order valence-corrected chi connectivity index (χ1v) is 8.62. The molecular formula is C18H29BrN2O. The Morgan fingerprint density at radius 1 is 0.909 bits per heavy atom. The van der Waals surface area contributed by atoms with Crippen LogP contribution in [0.1, 0.15) is 25.7 Å². The zero-order valence-electron chi connectivity index (χ0n) is 13.6. The maximum atomic E-state index is 5.75. The number of nitrogens with zero attached hydrogens (tertiary/aromatic N) is 2. The fourth-order valence-corrected chi connectivity index (χ4v) is 3.75. The van der Waals surface area contributed by atoms with Gasteiger partial charge in [0.25, 0.3) is 0 Å². The minimum absolute atomic E-state index is 0. The average molecular weight is 369 g/mol. The number of piperazine rings is 1. The first kappa shape index (κ1) is 17.8. The largest absolute Gasteiger partial charge is 1.00 e. The van der Waals surface area contributed by atoms with Gasteiger partial charge in [-0.25, -0.2) is 0 Å². The number of hydrogen-bond donors (Lipinski definition) is 0. The summed E-state index contributed by atoms with van der Waals surface area (Å²) in [5.74, 6) is 0.996. The Hall–Kier alpha value is -0.580. The van der Waals surface area contributed by atoms with E-state index in [0.29, 0.717) is 0 Å². The molecule has 0 radical (unpaired) electrons. The lowest BCUT2D eigenvalue weighted by Gasteiger charge is -2.42. The third kappa shape index (κ3) is 4.97. The molecule has 0 atom stereocenters. The molecule has 2 fully saturated rings. The van der Waals surface area contributed by atoms with Gasteiger partial charge in [0.2, 0.25) is 0 Å². The summed E-state index contributed by atoms with van der Waals surface area (Å²) < 4.78 is 7.17. The van der Waals surface area contributed by atoms with E-state index in [1.807, 2.05) is 30.3 Å². The first-order chi connectivity index (χ1) is 10.4. The highest BCUT2D eigenvalue weighted by Gasteiger charge is 2.35. The number of hydrogen-bond acceptors (Lipinski definition) is 2. The second-order valence-corrected chi connectivity index (χ2v) is 6.65. The number of para-hydroxylation sites is 1. The molecule has 2 aliphatic rings. The van der Waals surface area contributed by atoms with E-state index in [0.717, 1.165) is 18.8 Å². The van der Waals surface area contributed by atoms with E-state index in [4.69, 9.17) is 4.74 Å². The van der Waals surface area contributed by atoms with Crippen LogP contribution in [0.3, 0.4) is 0 Å². The van der Waals surface area contributed by atoms with E-state index >= 15 is 0 Å². The minimum atomic E-state index is 0. The van der Waals surface area contributed by atoms with Gasteiger partial charge < -0.3 is 26.2 Å². The van der Waals surface area contributed by atoms with Crippen molar-refractivity contribution in [3.8, 4) is 5.75 Å². The van der Waals surface area contributed by atoms with Gasteiger partial charge in [0.05, 0.1) is 32.8 Å². The molecule has 0 aliphatic carbocycles. The summed E-state index contributed by atoms with van der Waals surface area (Å²) in [4.78, 5) is 2.66. The quantitative estimate of drug-likeness (QED) is 0.508. The second kappa shape index (κ2) is 8.90. The van der Waals surface area contributed by atoms with Gasteiger partial charge >= 0.3 is 0 Å². The molecule has 1 aromatic rings. The third-order valence-corrected chi connectivity index (χ3v) is 5.18. The normalized spacial score (nSPS) is 20.7. The molecule has 0 saturated carbocycles. The number of benzene rings is 1. The molecule has 124 valence electrons. The van der Waals surface area contributed by atoms with Crippen molar-refractivity contribution in [2.45, 2.75) is 25.7 Å². The van der Waals surface area contributed by atoms with Crippen molar-refractivity contribution < 1.29 is 26.2 Å². The summed E-state index contributed by atoms with van der Waals surface area (Å²) in [7, 11) is 0. The van der Waals surface area contributed by atoms with Crippen molar-refractivity contribution in [2.24, 2.45) is 0 Å². The third-order valence-electron chi connectivity index (χ3n) is 5.18. The van der Waals surface area contributed by atoms with Gasteiger partial charge in [-0.05, 0) is 31.5 Å². The highest BCUT2D eigenvalue weighted by Crippen LogP contribution is 2.22. The number of rotatable bonds is 6. The molecular weight excluding hydrogens is 340 g/mol. The summed E-state index contributed by atoms with van der Waals surface area (Å²) in [6.07, 6.45) is 5.33. The Kier molecular flexibility index (Phi) is 7.19. The summed E-state index contributed by atoms with van der Waals surface area (Å²) in [5, 5.41) is 0. The van der Waals surface area contributed by atoms with Gasteiger partial charge in [0.15, 0.2) is 0 Å². The van der Waals surface area contributed by atoms with Gasteiger partial charge in [0, 0.05) is 25.9 Å². The van der Waals surface area contributed by atoms with Gasteiger partial charge in [-0.15, -0.1) is 0 Å². The van der Waals surface area contributed by atoms with Crippen molar-refractivity contribution in [3.63, 3.8) is 0 Å². The zero-order valence-corrected chi connectivity index (χ0v) is 15.1. The SMILES string of the molecule is [Br-].c1ccc(OCCCCN2CC[N+]3(CCCC3)CC2)cc1. The Morgan fingerprint density at radius 2 is 1.59 bits per heavy atom. The van der Waals surface area contributed by atoms with Crippen LogP contribution in [-0.2, 0) is 0 Å². The molecule has 0 aromatic heterocycles. The predicted octanol–water partition coefficient (Wildman–Crippen LogP) is -0.224. The molecule has 1 spiro atoms. The molecule has 0 bridgehead atoms. The summed E-state index contributed by atoms with van der Waals surface area (Å²) >= 11 is 0. The van der Waals surface area contributed by atoms with Crippen LogP contribution in [-0.4, -0.2) is 61.8 Å². The summed E-state index contributed by atoms with van der Waals surface area (Å²) in [5.41, 5.74) is 0. The van der Waals surface area contributed by atoms with Crippen molar-refractivity contribution in [1.82, 2.24) is 4.90 Å². The summed E-state index contributed by atoms with van der Waals surface area (Å²) in [6.45, 7) is 10.4. The lowest BCUT2D eigenvalue weighted by molar-refractivity contribution is -0.920. The number of quaternary nitrogens is 1. The van der Waals surface area contributed by atoms with Gasteiger partial charge in [-0.1, -0.05) is 18.2 Å². The molecule has 2 aliphatic heterocycles. The first-order valence-electron chi connectivity index (χ1n) is 8.62. The van der Waals surface area contributed by atoms with Gasteiger partial charge in [0.1, 0.15) is 5.75 Å². The van der Waals surface area contributed by atoms with E-state index < -0.39 is 0 Å². The smallest absolute Gasteiger partial charge is 0.119 e. The van der Waals surface area contributed by atoms with Crippen molar-refractivity contribution in [3.05, 3.63) is 30.3 Å². The maximum absolute atomic E-state index is 5.75. The van der Waals surface area contributed by atoms with Gasteiger partial charge in [-0.3, -0.25) is 4.90 Å². The Labute approximate surface area is 145 Å². The second-order valence-electron chi connectivity index (χ2n) is 6.65. The standard InChI is InChI=1S/C18H29N2O.BrH/c1-2-8-18(9-3-1)21-17-7-4-10-19-11-15-20(16-12-19)13-5-6-14-20;/h1-3,8-9H,4-7,10-17H2;1H/q+1;/p-1. The van der Waals surface area contributed by atoms with E-state index in [9.17, 15) is 0 Å². The van der Waals surface area contributed by atoms with Crippen LogP contribution in [0, 0.1) is 0 Å². The van der Waals surface area contributed by atoms with Crippen molar-refractivity contribution in [1.29, 1.82) is 0 Å². The van der Waals surface area contributed by atoms with Crippen LogP contribution >= 0.6 is 0 Å². The van der Waals surface area contributed by atoms with Crippen LogP contribution in [0.2, 0.25) is 0 Å². The van der Waals surface area contributed by atoms with Crippen molar-refractivity contribution >= 4 is 0 Å². The summed E-state index contributed by atoms with van der Waals surface area (Å²) in [6, 6.07) is 10.1. The molecule has 2 heterocycles. The van der Waals surface area contributed by atoms with Crippen LogP contribution in [0.25, 0.3) is 0 Å². The highest BCUT2D eigenvalue weighted by atomic mass is 79.9. The number of halogens is 1. The van der Waals surface area contributed by atoms with E-state index in [1.54, 1.807) is 0 Å². The van der Waals surface area contributed by atoms with E-state index in [1.165, 1.54) is 69.6 Å². The van der Waals surface area contributed by atoms with Crippen LogP contribution in [0.4, 0.5) is 0 Å². The molecule has 22 heavy (non-hydrogen) atoms. The Balaban J connectivity index is 0.00000176. The lowest BCUT2D eigenvalue weighted by atomic mass is 10.2. The Morgan fingerprint density at radius 3 is 2.27 bits per heavy atom. The number of ether oxygens (including phenoxy) is 1. The van der Waals surface area contributed by atoms with Gasteiger partial charge in [-0.2, -0.15) is 0 Å². The topological polar surface area (TPSA) is 12.5 Å². The molecule has 3 rings (SSSR count). The molecule has 0 N–H and O–H groups in total. The fraction of sp³-hybridized carbons (Fsp3) is 0.667. The Bertz CT molecular complexity index is 410. The highest BCUT2D eigenvalue weighted by molar-refractivity contribution is 5.20.